The third-order valence-electron chi connectivity index (χ3n) is 3.13. The van der Waals surface area contributed by atoms with Crippen LogP contribution in [0.2, 0.25) is 5.02 Å². The van der Waals surface area contributed by atoms with Crippen molar-refractivity contribution < 1.29 is 13.2 Å². The van der Waals surface area contributed by atoms with E-state index in [0.29, 0.717) is 12.5 Å². The Morgan fingerprint density at radius 3 is 2.43 bits per heavy atom. The number of halogens is 1. The maximum absolute atomic E-state index is 12.2. The van der Waals surface area contributed by atoms with Crippen molar-refractivity contribution in [2.45, 2.75) is 51.5 Å². The lowest BCUT2D eigenvalue weighted by Crippen LogP contribution is -2.31. The number of hydrogen-bond acceptors (Lipinski definition) is 3. The predicted molar refractivity (Wildman–Crippen MR) is 93.3 cm³/mol. The van der Waals surface area contributed by atoms with Gasteiger partial charge in [0.25, 0.3) is 5.91 Å². The summed E-state index contributed by atoms with van der Waals surface area (Å²) < 4.78 is 26.8. The minimum Gasteiger partial charge on any atom is -0.352 e. The molecule has 0 spiro atoms. The summed E-state index contributed by atoms with van der Waals surface area (Å²) in [6, 6.07) is 3.90. The van der Waals surface area contributed by atoms with Gasteiger partial charge in [0.15, 0.2) is 0 Å². The van der Waals surface area contributed by atoms with Gasteiger partial charge in [-0.05, 0) is 50.8 Å². The van der Waals surface area contributed by atoms with Crippen LogP contribution in [0.5, 0.6) is 0 Å². The highest BCUT2D eigenvalue weighted by Gasteiger charge is 2.19. The highest BCUT2D eigenvalue weighted by molar-refractivity contribution is 7.89. The molecule has 0 aliphatic heterocycles. The molecule has 1 amide bonds. The van der Waals surface area contributed by atoms with Crippen LogP contribution in [0.4, 0.5) is 0 Å². The fourth-order valence-electron chi connectivity index (χ4n) is 2.03. The van der Waals surface area contributed by atoms with E-state index in [9.17, 15) is 13.2 Å². The molecule has 0 saturated carbocycles. The number of nitrogens with one attached hydrogen (secondary N) is 2. The van der Waals surface area contributed by atoms with E-state index < -0.39 is 10.0 Å². The Morgan fingerprint density at radius 1 is 1.22 bits per heavy atom. The maximum Gasteiger partial charge on any atom is 0.252 e. The van der Waals surface area contributed by atoms with Gasteiger partial charge >= 0.3 is 0 Å². The molecule has 130 valence electrons. The molecular formula is C16H25ClN2O3S. The monoisotopic (exact) mass is 360 g/mol. The Bertz CT molecular complexity index is 643. The number of amides is 1. The van der Waals surface area contributed by atoms with Gasteiger partial charge in [-0.3, -0.25) is 4.79 Å². The Hall–Kier alpha value is -1.11. The summed E-state index contributed by atoms with van der Waals surface area (Å²) in [4.78, 5) is 12.2. The highest BCUT2D eigenvalue weighted by atomic mass is 35.5. The smallest absolute Gasteiger partial charge is 0.252 e. The van der Waals surface area contributed by atoms with Gasteiger partial charge in [-0.25, -0.2) is 13.1 Å². The first-order valence-electron chi connectivity index (χ1n) is 7.73. The zero-order chi connectivity index (χ0) is 17.6. The van der Waals surface area contributed by atoms with Gasteiger partial charge < -0.3 is 5.32 Å². The van der Waals surface area contributed by atoms with Crippen molar-refractivity contribution in [2.75, 3.05) is 6.54 Å². The van der Waals surface area contributed by atoms with Crippen LogP contribution in [0.15, 0.2) is 23.1 Å². The molecule has 2 N–H and O–H groups in total. The normalized spacial score (nSPS) is 12.0. The number of rotatable bonds is 8. The van der Waals surface area contributed by atoms with Crippen molar-refractivity contribution in [1.29, 1.82) is 0 Å². The van der Waals surface area contributed by atoms with Crippen molar-refractivity contribution in [3.8, 4) is 0 Å². The molecule has 0 heterocycles. The molecular weight excluding hydrogens is 336 g/mol. The first kappa shape index (κ1) is 19.9. The molecule has 1 aromatic rings. The summed E-state index contributed by atoms with van der Waals surface area (Å²) in [5.41, 5.74) is 0.169. The van der Waals surface area contributed by atoms with Crippen LogP contribution in [-0.2, 0) is 10.0 Å². The van der Waals surface area contributed by atoms with Crippen LogP contribution in [0.3, 0.4) is 0 Å². The average molecular weight is 361 g/mol. The molecule has 1 aromatic carbocycles. The van der Waals surface area contributed by atoms with Crippen molar-refractivity contribution in [3.63, 3.8) is 0 Å². The summed E-state index contributed by atoms with van der Waals surface area (Å²) in [7, 11) is -3.66. The first-order valence-corrected chi connectivity index (χ1v) is 9.59. The Labute approximate surface area is 143 Å². The molecule has 0 unspecified atom stereocenters. The number of sulfonamides is 1. The zero-order valence-corrected chi connectivity index (χ0v) is 15.6. The van der Waals surface area contributed by atoms with Gasteiger partial charge in [0.05, 0.1) is 15.5 Å². The van der Waals surface area contributed by atoms with Crippen LogP contribution in [0, 0.1) is 5.92 Å². The van der Waals surface area contributed by atoms with E-state index in [1.165, 1.54) is 18.2 Å². The van der Waals surface area contributed by atoms with Gasteiger partial charge in [-0.1, -0.05) is 25.4 Å². The van der Waals surface area contributed by atoms with Crippen molar-refractivity contribution >= 4 is 27.5 Å². The zero-order valence-electron chi connectivity index (χ0n) is 14.0. The van der Waals surface area contributed by atoms with Gasteiger partial charge in [0.1, 0.15) is 0 Å². The molecule has 0 aliphatic rings. The van der Waals surface area contributed by atoms with E-state index in [1.807, 2.05) is 0 Å². The fourth-order valence-corrected chi connectivity index (χ4v) is 3.51. The van der Waals surface area contributed by atoms with Crippen molar-refractivity contribution in [2.24, 2.45) is 5.92 Å². The number of carbonyl (C=O) groups excluding carboxylic acids is 1. The predicted octanol–water partition coefficient (Wildman–Crippen LogP) is 3.19. The topological polar surface area (TPSA) is 75.3 Å². The molecule has 0 atom stereocenters. The third-order valence-corrected chi connectivity index (χ3v) is 5.11. The second-order valence-electron chi connectivity index (χ2n) is 6.21. The lowest BCUT2D eigenvalue weighted by Gasteiger charge is -2.12. The van der Waals surface area contributed by atoms with E-state index >= 15 is 0 Å². The molecule has 23 heavy (non-hydrogen) atoms. The average Bonchev–Trinajstić information content (AvgIpc) is 2.42. The molecule has 5 nitrogen and oxygen atoms in total. The van der Waals surface area contributed by atoms with Gasteiger partial charge in [0.2, 0.25) is 10.0 Å². The summed E-state index contributed by atoms with van der Waals surface area (Å²) in [5.74, 6) is 0.214. The molecule has 0 fully saturated rings. The van der Waals surface area contributed by atoms with Crippen LogP contribution < -0.4 is 10.0 Å². The number of hydrogen-bond donors (Lipinski definition) is 2. The first-order chi connectivity index (χ1) is 10.6. The lowest BCUT2D eigenvalue weighted by molar-refractivity contribution is 0.0952. The quantitative estimate of drug-likeness (QED) is 0.699. The van der Waals surface area contributed by atoms with Gasteiger partial charge in [-0.2, -0.15) is 0 Å². The minimum atomic E-state index is -3.66. The lowest BCUT2D eigenvalue weighted by atomic mass is 10.1. The summed E-state index contributed by atoms with van der Waals surface area (Å²) in [5, 5.41) is 3.01. The molecule has 0 radical (unpaired) electrons. The Kier molecular flexibility index (Phi) is 7.51. The second kappa shape index (κ2) is 8.66. The summed E-state index contributed by atoms with van der Waals surface area (Å²) >= 11 is 6.03. The summed E-state index contributed by atoms with van der Waals surface area (Å²) in [6.07, 6.45) is 1.88. The van der Waals surface area contributed by atoms with E-state index in [1.54, 1.807) is 13.8 Å². The van der Waals surface area contributed by atoms with E-state index in [0.717, 1.165) is 12.8 Å². The second-order valence-corrected chi connectivity index (χ2v) is 8.33. The fraction of sp³-hybridized carbons (Fsp3) is 0.562. The van der Waals surface area contributed by atoms with Crippen molar-refractivity contribution in [3.05, 3.63) is 28.8 Å². The van der Waals surface area contributed by atoms with E-state index in [4.69, 9.17) is 11.6 Å². The van der Waals surface area contributed by atoms with Crippen LogP contribution in [0.1, 0.15) is 50.9 Å². The molecule has 0 bridgehead atoms. The standard InChI is InChI=1S/C16H25ClN2O3S/c1-11(2)6-5-9-18-16(20)14-10-13(7-8-15(14)17)23(21,22)19-12(3)4/h7-8,10-12,19H,5-6,9H2,1-4H3,(H,18,20). The molecule has 0 aliphatic carbocycles. The van der Waals surface area contributed by atoms with Gasteiger partial charge in [0, 0.05) is 12.6 Å². The van der Waals surface area contributed by atoms with Crippen molar-refractivity contribution in [1.82, 2.24) is 10.0 Å². The van der Waals surface area contributed by atoms with Crippen LogP contribution in [-0.4, -0.2) is 26.9 Å². The third kappa shape index (κ3) is 6.49. The molecule has 0 aromatic heterocycles. The van der Waals surface area contributed by atoms with E-state index in [2.05, 4.69) is 23.9 Å². The van der Waals surface area contributed by atoms with Gasteiger partial charge in [-0.15, -0.1) is 0 Å². The number of benzene rings is 1. The maximum atomic E-state index is 12.2. The molecule has 7 heteroatoms. The van der Waals surface area contributed by atoms with Crippen LogP contribution in [0.25, 0.3) is 0 Å². The largest absolute Gasteiger partial charge is 0.352 e. The summed E-state index contributed by atoms with van der Waals surface area (Å²) in [6.45, 7) is 8.24. The van der Waals surface area contributed by atoms with E-state index in [-0.39, 0.29) is 27.4 Å². The SMILES string of the molecule is CC(C)CCCNC(=O)c1cc(S(=O)(=O)NC(C)C)ccc1Cl. The Balaban J connectivity index is 2.87. The highest BCUT2D eigenvalue weighted by Crippen LogP contribution is 2.20. The number of carbonyl (C=O) groups is 1. The Morgan fingerprint density at radius 2 is 1.87 bits per heavy atom. The minimum absolute atomic E-state index is 0.0305. The van der Waals surface area contributed by atoms with Crippen LogP contribution >= 0.6 is 11.6 Å². The molecule has 0 saturated heterocycles. The molecule has 1 rings (SSSR count).